The van der Waals surface area contributed by atoms with Gasteiger partial charge in [-0.15, -0.1) is 0 Å². The van der Waals surface area contributed by atoms with Crippen LogP contribution in [-0.4, -0.2) is 0 Å². The van der Waals surface area contributed by atoms with E-state index in [0.717, 1.165) is 16.6 Å². The molecule has 10 aromatic rings. The number of furan rings is 1. The van der Waals surface area contributed by atoms with Crippen molar-refractivity contribution in [2.75, 3.05) is 0 Å². The maximum atomic E-state index is 6.20. The van der Waals surface area contributed by atoms with E-state index >= 15 is 0 Å². The van der Waals surface area contributed by atoms with Crippen molar-refractivity contribution in [1.29, 1.82) is 0 Å². The Morgan fingerprint density at radius 3 is 1.51 bits per heavy atom. The van der Waals surface area contributed by atoms with Gasteiger partial charge in [0.2, 0.25) is 0 Å². The molecular weight excluding hydrogens is 569 g/mol. The van der Waals surface area contributed by atoms with Crippen molar-refractivity contribution in [2.24, 2.45) is 0 Å². The van der Waals surface area contributed by atoms with Crippen LogP contribution in [0.25, 0.3) is 98.4 Å². The van der Waals surface area contributed by atoms with E-state index in [-0.39, 0.29) is 0 Å². The molecule has 9 aromatic carbocycles. The first-order valence-corrected chi connectivity index (χ1v) is 16.2. The Hall–Kier alpha value is -6.18. The molecule has 0 radical (unpaired) electrons. The van der Waals surface area contributed by atoms with Crippen molar-refractivity contribution in [2.45, 2.75) is 0 Å². The van der Waals surface area contributed by atoms with E-state index in [0.29, 0.717) is 0 Å². The van der Waals surface area contributed by atoms with Crippen LogP contribution in [0.15, 0.2) is 174 Å². The Labute approximate surface area is 271 Å². The average molecular weight is 597 g/mol. The van der Waals surface area contributed by atoms with Gasteiger partial charge in [-0.1, -0.05) is 152 Å². The fraction of sp³-hybridized carbons (Fsp3) is 0. The zero-order valence-corrected chi connectivity index (χ0v) is 25.6. The van der Waals surface area contributed by atoms with Crippen LogP contribution in [0.3, 0.4) is 0 Å². The highest BCUT2D eigenvalue weighted by molar-refractivity contribution is 6.25. The molecule has 0 atom stereocenters. The van der Waals surface area contributed by atoms with E-state index in [2.05, 4.69) is 158 Å². The number of hydrogen-bond acceptors (Lipinski definition) is 1. The summed E-state index contributed by atoms with van der Waals surface area (Å²) in [6.07, 6.45) is 0. The monoisotopic (exact) mass is 596 g/mol. The molecule has 0 aliphatic carbocycles. The standard InChI is InChI=1S/C46H28O/c1-2-13-32-31(12-1)28-41(35-15-4-3-14-34(32)35)45-38-18-7-5-16-36(38)44(37-17-6-8-19-39(37)45)30-26-24-29(25-27-30)33-21-11-23-43-46(33)40-20-9-10-22-42(40)47-43/h1-28H. The molecule has 10 rings (SSSR count). The minimum absolute atomic E-state index is 0.918. The Bertz CT molecular complexity index is 2780. The molecule has 0 bridgehead atoms. The molecule has 0 unspecified atom stereocenters. The molecule has 0 fully saturated rings. The lowest BCUT2D eigenvalue weighted by molar-refractivity contribution is 0.669. The highest BCUT2D eigenvalue weighted by Gasteiger charge is 2.19. The summed E-state index contributed by atoms with van der Waals surface area (Å²) in [5, 5.41) is 12.5. The quantitative estimate of drug-likeness (QED) is 0.146. The zero-order valence-electron chi connectivity index (χ0n) is 25.6. The van der Waals surface area contributed by atoms with Gasteiger partial charge in [-0.05, 0) is 94.7 Å². The predicted molar refractivity (Wildman–Crippen MR) is 200 cm³/mol. The summed E-state index contributed by atoms with van der Waals surface area (Å²) in [6.45, 7) is 0. The highest BCUT2D eigenvalue weighted by Crippen LogP contribution is 2.47. The lowest BCUT2D eigenvalue weighted by Gasteiger charge is -2.19. The lowest BCUT2D eigenvalue weighted by Crippen LogP contribution is -1.92. The maximum Gasteiger partial charge on any atom is 0.136 e. The molecule has 0 saturated heterocycles. The second-order valence-corrected chi connectivity index (χ2v) is 12.4. The van der Waals surface area contributed by atoms with E-state index in [4.69, 9.17) is 4.42 Å². The molecule has 1 heteroatoms. The fourth-order valence-electron chi connectivity index (χ4n) is 7.82. The number of rotatable bonds is 3. The second-order valence-electron chi connectivity index (χ2n) is 12.4. The van der Waals surface area contributed by atoms with E-state index in [1.807, 2.05) is 12.1 Å². The molecule has 218 valence electrons. The third kappa shape index (κ3) is 3.90. The van der Waals surface area contributed by atoms with Gasteiger partial charge in [-0.25, -0.2) is 0 Å². The van der Waals surface area contributed by atoms with Gasteiger partial charge in [0.25, 0.3) is 0 Å². The van der Waals surface area contributed by atoms with Crippen molar-refractivity contribution in [3.63, 3.8) is 0 Å². The lowest BCUT2D eigenvalue weighted by atomic mass is 9.83. The van der Waals surface area contributed by atoms with Crippen LogP contribution in [0.5, 0.6) is 0 Å². The summed E-state index contributed by atoms with van der Waals surface area (Å²) in [5.74, 6) is 0. The third-order valence-corrected chi connectivity index (χ3v) is 9.86. The van der Waals surface area contributed by atoms with Crippen molar-refractivity contribution in [3.05, 3.63) is 170 Å². The molecular formula is C46H28O. The number of hydrogen-bond donors (Lipinski definition) is 0. The highest BCUT2D eigenvalue weighted by atomic mass is 16.3. The molecule has 0 aliphatic rings. The normalized spacial score (nSPS) is 11.8. The Balaban J connectivity index is 1.23. The summed E-state index contributed by atoms with van der Waals surface area (Å²) in [5.41, 5.74) is 9.24. The maximum absolute atomic E-state index is 6.20. The van der Waals surface area contributed by atoms with Crippen molar-refractivity contribution >= 4 is 65.0 Å². The molecule has 1 aromatic heterocycles. The Morgan fingerprint density at radius 1 is 0.298 bits per heavy atom. The molecule has 1 nitrogen and oxygen atoms in total. The first kappa shape index (κ1) is 26.1. The van der Waals surface area contributed by atoms with Crippen LogP contribution in [0, 0.1) is 0 Å². The van der Waals surface area contributed by atoms with E-state index in [1.54, 1.807) is 0 Å². The van der Waals surface area contributed by atoms with Gasteiger partial charge in [-0.2, -0.15) is 0 Å². The average Bonchev–Trinajstić information content (AvgIpc) is 3.53. The van der Waals surface area contributed by atoms with Gasteiger partial charge in [0, 0.05) is 10.8 Å². The van der Waals surface area contributed by atoms with Gasteiger partial charge >= 0.3 is 0 Å². The fourth-order valence-corrected chi connectivity index (χ4v) is 7.82. The van der Waals surface area contributed by atoms with Crippen LogP contribution in [0.4, 0.5) is 0 Å². The smallest absolute Gasteiger partial charge is 0.136 e. The molecule has 0 aliphatic heterocycles. The van der Waals surface area contributed by atoms with E-state index in [1.165, 1.54) is 81.9 Å². The topological polar surface area (TPSA) is 13.1 Å². The molecule has 47 heavy (non-hydrogen) atoms. The molecule has 0 N–H and O–H groups in total. The van der Waals surface area contributed by atoms with Crippen LogP contribution in [0.2, 0.25) is 0 Å². The largest absolute Gasteiger partial charge is 0.456 e. The van der Waals surface area contributed by atoms with E-state index in [9.17, 15) is 0 Å². The molecule has 0 amide bonds. The van der Waals surface area contributed by atoms with Crippen LogP contribution >= 0.6 is 0 Å². The first-order valence-electron chi connectivity index (χ1n) is 16.2. The summed E-state index contributed by atoms with van der Waals surface area (Å²) in [4.78, 5) is 0. The van der Waals surface area contributed by atoms with Crippen molar-refractivity contribution in [1.82, 2.24) is 0 Å². The first-order chi connectivity index (χ1) is 23.3. The van der Waals surface area contributed by atoms with Gasteiger partial charge in [0.1, 0.15) is 11.2 Å². The van der Waals surface area contributed by atoms with E-state index < -0.39 is 0 Å². The van der Waals surface area contributed by atoms with Crippen molar-refractivity contribution < 1.29 is 4.42 Å². The Kier molecular flexibility index (Phi) is 5.64. The summed E-state index contributed by atoms with van der Waals surface area (Å²) >= 11 is 0. The molecule has 0 saturated carbocycles. The minimum Gasteiger partial charge on any atom is -0.456 e. The SMILES string of the molecule is c1ccc2c(c1)cc(-c1c3ccccc3c(-c3ccc(-c4cccc5oc6ccccc6c45)cc3)c3ccccc13)c1ccccc12. The number of fused-ring (bicyclic) bond motifs is 8. The van der Waals surface area contributed by atoms with Crippen LogP contribution < -0.4 is 0 Å². The molecule has 0 spiro atoms. The van der Waals surface area contributed by atoms with Crippen LogP contribution in [-0.2, 0) is 0 Å². The van der Waals surface area contributed by atoms with Crippen molar-refractivity contribution in [3.8, 4) is 33.4 Å². The summed E-state index contributed by atoms with van der Waals surface area (Å²) in [6, 6.07) is 61.6. The molecule has 1 heterocycles. The minimum atomic E-state index is 0.918. The predicted octanol–water partition coefficient (Wildman–Crippen LogP) is 13.2. The third-order valence-electron chi connectivity index (χ3n) is 9.86. The Morgan fingerprint density at radius 2 is 0.809 bits per heavy atom. The van der Waals surface area contributed by atoms with Gasteiger partial charge < -0.3 is 4.42 Å². The number of benzene rings is 9. The summed E-state index contributed by atoms with van der Waals surface area (Å²) in [7, 11) is 0. The van der Waals surface area contributed by atoms with Gasteiger partial charge in [0.15, 0.2) is 0 Å². The van der Waals surface area contributed by atoms with Crippen LogP contribution in [0.1, 0.15) is 0 Å². The van der Waals surface area contributed by atoms with Gasteiger partial charge in [0.05, 0.1) is 0 Å². The zero-order chi connectivity index (χ0) is 30.9. The van der Waals surface area contributed by atoms with Gasteiger partial charge in [-0.3, -0.25) is 0 Å². The second kappa shape index (κ2) is 10.2. The number of para-hydroxylation sites is 1. The summed E-state index contributed by atoms with van der Waals surface area (Å²) < 4.78 is 6.20.